The Labute approximate surface area is 208 Å². The summed E-state index contributed by atoms with van der Waals surface area (Å²) in [5, 5.41) is 0. The van der Waals surface area contributed by atoms with Gasteiger partial charge in [0.2, 0.25) is 11.4 Å². The van der Waals surface area contributed by atoms with E-state index < -0.39 is 0 Å². The summed E-state index contributed by atoms with van der Waals surface area (Å²) in [6.07, 6.45) is 14.8. The highest BCUT2D eigenvalue weighted by Gasteiger charge is 2.32. The molecule has 0 fully saturated rings. The maximum atomic E-state index is 11.4. The standard InChI is InChI=1S/C32H44N2/c1-5-8-10-11-12-14-16-26-20-22-28(23-21-26)32-30(7-3)25(4)31(34(32)33)29-19-15-18-27(24-29)17-13-9-6-2/h15,18-24H,5-14,16-17H2,1-4H3. The van der Waals surface area contributed by atoms with E-state index >= 15 is 0 Å². The number of nitrogens with zero attached hydrogens (tertiary/aromatic N) is 2. The highest BCUT2D eigenvalue weighted by molar-refractivity contribution is 5.81. The summed E-state index contributed by atoms with van der Waals surface area (Å²) >= 11 is 0. The van der Waals surface area contributed by atoms with Crippen LogP contribution in [0.1, 0.15) is 114 Å². The van der Waals surface area contributed by atoms with Crippen LogP contribution < -0.4 is 0 Å². The van der Waals surface area contributed by atoms with Gasteiger partial charge in [0.1, 0.15) is 0 Å². The molecule has 1 aliphatic heterocycles. The molecule has 0 spiro atoms. The Morgan fingerprint density at radius 2 is 1.26 bits per heavy atom. The molecule has 0 unspecified atom stereocenters. The zero-order valence-electron chi connectivity index (χ0n) is 22.0. The van der Waals surface area contributed by atoms with E-state index in [9.17, 15) is 5.53 Å². The molecule has 2 heteroatoms. The van der Waals surface area contributed by atoms with Gasteiger partial charge in [-0.25, -0.2) is 4.70 Å². The van der Waals surface area contributed by atoms with Gasteiger partial charge in [0.15, 0.2) is 0 Å². The largest absolute Gasteiger partial charge is 0.493 e. The number of benzene rings is 2. The minimum absolute atomic E-state index is 0.900. The molecule has 182 valence electrons. The molecule has 2 aromatic rings. The SMILES string of the molecule is CCCCCCCCc1ccc(C2=C(CC)C(C)=C(c3cccc(CCCCC)c3)[N+]2=[N-])cc1. The monoisotopic (exact) mass is 456 g/mol. The van der Waals surface area contributed by atoms with Crippen LogP contribution in [0.15, 0.2) is 59.7 Å². The fourth-order valence-corrected chi connectivity index (χ4v) is 5.18. The van der Waals surface area contributed by atoms with Gasteiger partial charge in [0.05, 0.1) is 0 Å². The van der Waals surface area contributed by atoms with Crippen LogP contribution in [0.3, 0.4) is 0 Å². The van der Waals surface area contributed by atoms with E-state index in [-0.39, 0.29) is 0 Å². The van der Waals surface area contributed by atoms with Gasteiger partial charge in [-0.05, 0) is 74.4 Å². The van der Waals surface area contributed by atoms with Crippen molar-refractivity contribution in [3.63, 3.8) is 0 Å². The summed E-state index contributed by atoms with van der Waals surface area (Å²) in [6.45, 7) is 8.85. The second kappa shape index (κ2) is 13.4. The average Bonchev–Trinajstić information content (AvgIpc) is 3.11. The van der Waals surface area contributed by atoms with Crippen LogP contribution >= 0.6 is 0 Å². The van der Waals surface area contributed by atoms with Crippen molar-refractivity contribution in [2.45, 2.75) is 105 Å². The number of allylic oxidation sites excluding steroid dienone is 2. The molecular weight excluding hydrogens is 412 g/mol. The quantitative estimate of drug-likeness (QED) is 0.200. The van der Waals surface area contributed by atoms with Crippen molar-refractivity contribution in [3.05, 3.63) is 87.5 Å². The molecule has 0 aliphatic carbocycles. The van der Waals surface area contributed by atoms with Gasteiger partial charge in [0, 0.05) is 22.3 Å². The first-order valence-corrected chi connectivity index (χ1v) is 13.7. The summed E-state index contributed by atoms with van der Waals surface area (Å²) in [5.41, 5.74) is 20.6. The third kappa shape index (κ3) is 6.56. The van der Waals surface area contributed by atoms with Gasteiger partial charge in [-0.3, -0.25) is 0 Å². The maximum absolute atomic E-state index is 11.4. The van der Waals surface area contributed by atoms with E-state index in [0.29, 0.717) is 0 Å². The van der Waals surface area contributed by atoms with Crippen LogP contribution in [0.25, 0.3) is 16.9 Å². The van der Waals surface area contributed by atoms with Crippen LogP contribution in [0.5, 0.6) is 0 Å². The smallest absolute Gasteiger partial charge is 0.211 e. The Morgan fingerprint density at radius 3 is 1.97 bits per heavy atom. The molecule has 0 saturated heterocycles. The number of hydrogen-bond acceptors (Lipinski definition) is 0. The molecule has 3 rings (SSSR count). The molecule has 2 aromatic carbocycles. The summed E-state index contributed by atoms with van der Waals surface area (Å²) in [7, 11) is 0. The predicted octanol–water partition coefficient (Wildman–Crippen LogP) is 9.92. The van der Waals surface area contributed by atoms with Gasteiger partial charge in [-0.1, -0.05) is 90.0 Å². The highest BCUT2D eigenvalue weighted by atomic mass is 15.2. The topological polar surface area (TPSA) is 25.3 Å². The Kier molecular flexibility index (Phi) is 10.3. The molecule has 2 nitrogen and oxygen atoms in total. The van der Waals surface area contributed by atoms with Crippen molar-refractivity contribution in [3.8, 4) is 0 Å². The molecule has 0 N–H and O–H groups in total. The van der Waals surface area contributed by atoms with Crippen molar-refractivity contribution in [2.75, 3.05) is 0 Å². The van der Waals surface area contributed by atoms with E-state index in [1.54, 1.807) is 0 Å². The normalized spacial score (nSPS) is 13.9. The molecule has 1 heterocycles. The Morgan fingerprint density at radius 1 is 0.647 bits per heavy atom. The lowest BCUT2D eigenvalue weighted by Crippen LogP contribution is -2.03. The zero-order chi connectivity index (χ0) is 24.3. The number of hydrogen-bond donors (Lipinski definition) is 0. The van der Waals surface area contributed by atoms with E-state index in [1.807, 2.05) is 0 Å². The van der Waals surface area contributed by atoms with Crippen LogP contribution in [0.2, 0.25) is 0 Å². The second-order valence-electron chi connectivity index (χ2n) is 9.84. The van der Waals surface area contributed by atoms with Crippen LogP contribution in [0, 0.1) is 0 Å². The first-order valence-electron chi connectivity index (χ1n) is 13.7. The number of rotatable bonds is 14. The van der Waals surface area contributed by atoms with Crippen molar-refractivity contribution >= 4 is 11.4 Å². The maximum Gasteiger partial charge on any atom is 0.211 e. The third-order valence-corrected chi connectivity index (χ3v) is 7.19. The first kappa shape index (κ1) is 26.1. The Hall–Kier alpha value is -2.48. The van der Waals surface area contributed by atoms with E-state index in [1.165, 1.54) is 84.8 Å². The molecule has 0 saturated carbocycles. The molecule has 0 amide bonds. The molecular formula is C32H44N2. The highest BCUT2D eigenvalue weighted by Crippen LogP contribution is 2.41. The first-order chi connectivity index (χ1) is 16.6. The number of aryl methyl sites for hydroxylation is 2. The van der Waals surface area contributed by atoms with Crippen molar-refractivity contribution in [1.82, 2.24) is 0 Å². The summed E-state index contributed by atoms with van der Waals surface area (Å²) in [6, 6.07) is 17.6. The molecule has 0 aromatic heterocycles. The van der Waals surface area contributed by atoms with Gasteiger partial charge in [-0.2, -0.15) is 0 Å². The minimum Gasteiger partial charge on any atom is -0.493 e. The lowest BCUT2D eigenvalue weighted by atomic mass is 9.97. The van der Waals surface area contributed by atoms with Crippen molar-refractivity contribution in [1.29, 1.82) is 0 Å². The fraction of sp³-hybridized carbons (Fsp3) is 0.500. The third-order valence-electron chi connectivity index (χ3n) is 7.19. The van der Waals surface area contributed by atoms with Crippen molar-refractivity contribution < 1.29 is 4.70 Å². The summed E-state index contributed by atoms with van der Waals surface area (Å²) in [5.74, 6) is 0. The molecule has 0 atom stereocenters. The van der Waals surface area contributed by atoms with E-state index in [4.69, 9.17) is 0 Å². The lowest BCUT2D eigenvalue weighted by Gasteiger charge is -2.11. The fourth-order valence-electron chi connectivity index (χ4n) is 5.18. The van der Waals surface area contributed by atoms with E-state index in [0.717, 1.165) is 41.8 Å². The Balaban J connectivity index is 1.72. The summed E-state index contributed by atoms with van der Waals surface area (Å²) in [4.78, 5) is 0. The Bertz CT molecular complexity index is 1010. The van der Waals surface area contributed by atoms with Crippen LogP contribution in [0.4, 0.5) is 0 Å². The van der Waals surface area contributed by atoms with Gasteiger partial charge >= 0.3 is 0 Å². The lowest BCUT2D eigenvalue weighted by molar-refractivity contribution is -0.345. The van der Waals surface area contributed by atoms with Crippen LogP contribution in [-0.4, -0.2) is 4.70 Å². The van der Waals surface area contributed by atoms with Crippen molar-refractivity contribution in [2.24, 2.45) is 0 Å². The van der Waals surface area contributed by atoms with Gasteiger partial charge < -0.3 is 5.53 Å². The van der Waals surface area contributed by atoms with E-state index in [2.05, 4.69) is 76.2 Å². The van der Waals surface area contributed by atoms with Crippen LogP contribution in [-0.2, 0) is 12.8 Å². The summed E-state index contributed by atoms with van der Waals surface area (Å²) < 4.78 is 1.45. The molecule has 0 radical (unpaired) electrons. The molecule has 34 heavy (non-hydrogen) atoms. The molecule has 1 aliphatic rings. The van der Waals surface area contributed by atoms with Gasteiger partial charge in [0.25, 0.3) is 0 Å². The average molecular weight is 457 g/mol. The number of unbranched alkanes of at least 4 members (excludes halogenated alkanes) is 7. The predicted molar refractivity (Wildman–Crippen MR) is 147 cm³/mol. The van der Waals surface area contributed by atoms with Gasteiger partial charge in [-0.15, -0.1) is 0 Å². The minimum atomic E-state index is 0.900. The molecule has 0 bridgehead atoms. The second-order valence-corrected chi connectivity index (χ2v) is 9.84. The zero-order valence-corrected chi connectivity index (χ0v) is 22.0.